The number of nitrogens with one attached hydrogen (secondary N) is 3. The SMILES string of the molecule is C=C1CC2(CCN(C(=O)N[C@@H](CC(F)(F)CC)C(=O)NC3(C#N)CC3)CC2)C(=O)N1. The highest BCUT2D eigenvalue weighted by Crippen LogP contribution is 2.41. The Labute approximate surface area is 174 Å². The fraction of sp³-hybridized carbons (Fsp3) is 0.700. The Kier molecular flexibility index (Phi) is 5.76. The summed E-state index contributed by atoms with van der Waals surface area (Å²) in [4.78, 5) is 38.9. The molecule has 3 aliphatic rings. The molecule has 164 valence electrons. The van der Waals surface area contributed by atoms with Crippen molar-refractivity contribution in [3.05, 3.63) is 12.3 Å². The number of urea groups is 1. The average molecular weight is 423 g/mol. The molecule has 0 bridgehead atoms. The van der Waals surface area contributed by atoms with Crippen molar-refractivity contribution in [3.63, 3.8) is 0 Å². The minimum absolute atomic E-state index is 0.0985. The molecule has 0 unspecified atom stereocenters. The Morgan fingerprint density at radius 2 is 1.97 bits per heavy atom. The van der Waals surface area contributed by atoms with Gasteiger partial charge in [-0.1, -0.05) is 13.5 Å². The molecule has 10 heteroatoms. The van der Waals surface area contributed by atoms with Crippen molar-refractivity contribution >= 4 is 17.8 Å². The Bertz CT molecular complexity index is 795. The van der Waals surface area contributed by atoms with Gasteiger partial charge in [0.2, 0.25) is 17.7 Å². The Morgan fingerprint density at radius 3 is 2.43 bits per heavy atom. The molecule has 0 radical (unpaired) electrons. The largest absolute Gasteiger partial charge is 0.336 e. The molecule has 2 saturated heterocycles. The van der Waals surface area contributed by atoms with E-state index in [-0.39, 0.29) is 19.0 Å². The molecule has 0 aromatic heterocycles. The van der Waals surface area contributed by atoms with Gasteiger partial charge in [-0.3, -0.25) is 9.59 Å². The molecule has 4 amide bonds. The summed E-state index contributed by atoms with van der Waals surface area (Å²) < 4.78 is 28.0. The monoisotopic (exact) mass is 423 g/mol. The molecule has 1 saturated carbocycles. The van der Waals surface area contributed by atoms with Crippen LogP contribution < -0.4 is 16.0 Å². The van der Waals surface area contributed by atoms with Crippen LogP contribution in [0.5, 0.6) is 0 Å². The van der Waals surface area contributed by atoms with Crippen LogP contribution >= 0.6 is 0 Å². The van der Waals surface area contributed by atoms with E-state index < -0.39 is 47.7 Å². The van der Waals surface area contributed by atoms with Crippen LogP contribution in [0.4, 0.5) is 13.6 Å². The van der Waals surface area contributed by atoms with E-state index in [2.05, 4.69) is 22.5 Å². The highest BCUT2D eigenvalue weighted by molar-refractivity contribution is 5.89. The zero-order valence-electron chi connectivity index (χ0n) is 17.0. The maximum absolute atomic E-state index is 14.0. The molecule has 0 aromatic rings. The molecule has 3 rings (SSSR count). The van der Waals surface area contributed by atoms with E-state index >= 15 is 0 Å². The molecule has 2 heterocycles. The summed E-state index contributed by atoms with van der Waals surface area (Å²) in [7, 11) is 0. The summed E-state index contributed by atoms with van der Waals surface area (Å²) in [6, 6.07) is -0.104. The quantitative estimate of drug-likeness (QED) is 0.604. The number of nitriles is 1. The van der Waals surface area contributed by atoms with Crippen LogP contribution in [0.15, 0.2) is 12.3 Å². The van der Waals surface area contributed by atoms with E-state index in [1.54, 1.807) is 0 Å². The fourth-order valence-corrected chi connectivity index (χ4v) is 3.97. The van der Waals surface area contributed by atoms with Gasteiger partial charge in [0.25, 0.3) is 0 Å². The first kappa shape index (κ1) is 22.0. The topological polar surface area (TPSA) is 114 Å². The number of piperidine rings is 1. The Hall–Kier alpha value is -2.70. The molecule has 1 aliphatic carbocycles. The second-order valence-electron chi connectivity index (χ2n) is 8.60. The van der Waals surface area contributed by atoms with E-state index in [9.17, 15) is 23.2 Å². The van der Waals surface area contributed by atoms with Crippen LogP contribution in [0.3, 0.4) is 0 Å². The second kappa shape index (κ2) is 7.85. The van der Waals surface area contributed by atoms with Crippen LogP contribution in [0.2, 0.25) is 0 Å². The van der Waals surface area contributed by atoms with E-state index in [0.29, 0.717) is 37.8 Å². The maximum Gasteiger partial charge on any atom is 0.318 e. The maximum atomic E-state index is 14.0. The number of hydrogen-bond acceptors (Lipinski definition) is 4. The number of allylic oxidation sites excluding steroid dienone is 1. The third kappa shape index (κ3) is 4.55. The Balaban J connectivity index is 1.63. The van der Waals surface area contributed by atoms with Crippen molar-refractivity contribution in [2.45, 2.75) is 69.4 Å². The van der Waals surface area contributed by atoms with Crippen LogP contribution in [-0.2, 0) is 9.59 Å². The molecule has 30 heavy (non-hydrogen) atoms. The molecular weight excluding hydrogens is 396 g/mol. The van der Waals surface area contributed by atoms with Gasteiger partial charge in [-0.25, -0.2) is 13.6 Å². The summed E-state index contributed by atoms with van der Waals surface area (Å²) in [5.74, 6) is -4.01. The lowest BCUT2D eigenvalue weighted by Gasteiger charge is -2.37. The van der Waals surface area contributed by atoms with Gasteiger partial charge in [-0.15, -0.1) is 0 Å². The number of nitrogens with zero attached hydrogens (tertiary/aromatic N) is 2. The summed E-state index contributed by atoms with van der Waals surface area (Å²) in [5.41, 5.74) is -0.939. The van der Waals surface area contributed by atoms with Gasteiger partial charge in [0.15, 0.2) is 0 Å². The molecule has 3 fully saturated rings. The van der Waals surface area contributed by atoms with E-state index in [1.165, 1.54) is 11.8 Å². The predicted octanol–water partition coefficient (Wildman–Crippen LogP) is 1.79. The number of alkyl halides is 2. The van der Waals surface area contributed by atoms with Gasteiger partial charge >= 0.3 is 6.03 Å². The second-order valence-corrected chi connectivity index (χ2v) is 8.60. The first-order valence-electron chi connectivity index (χ1n) is 10.2. The van der Waals surface area contributed by atoms with E-state index in [0.717, 1.165) is 0 Å². The lowest BCUT2D eigenvalue weighted by Crippen LogP contribution is -2.56. The molecule has 1 atom stereocenters. The molecule has 1 spiro atoms. The van der Waals surface area contributed by atoms with Crippen LogP contribution in [0, 0.1) is 16.7 Å². The first-order valence-corrected chi connectivity index (χ1v) is 10.2. The number of halogens is 2. The van der Waals surface area contributed by atoms with E-state index in [1.807, 2.05) is 6.07 Å². The van der Waals surface area contributed by atoms with Crippen molar-refractivity contribution in [2.75, 3.05) is 13.1 Å². The lowest BCUT2D eigenvalue weighted by molar-refractivity contribution is -0.129. The van der Waals surface area contributed by atoms with Crippen LogP contribution in [0.1, 0.15) is 51.9 Å². The van der Waals surface area contributed by atoms with Gasteiger partial charge in [-0.2, -0.15) is 5.26 Å². The highest BCUT2D eigenvalue weighted by atomic mass is 19.3. The molecular formula is C20H27F2N5O3. The normalized spacial score (nSPS) is 22.8. The zero-order chi connectivity index (χ0) is 22.2. The average Bonchev–Trinajstić information content (AvgIpc) is 3.41. The minimum Gasteiger partial charge on any atom is -0.336 e. The van der Waals surface area contributed by atoms with Crippen molar-refractivity contribution in [2.24, 2.45) is 5.41 Å². The summed E-state index contributed by atoms with van der Waals surface area (Å²) in [6.07, 6.45) is 0.994. The number of carbonyl (C=O) groups is 3. The van der Waals surface area contributed by atoms with Crippen LogP contribution in [0.25, 0.3) is 0 Å². The summed E-state index contributed by atoms with van der Waals surface area (Å²) in [6.45, 7) is 5.63. The molecule has 0 aromatic carbocycles. The van der Waals surface area contributed by atoms with E-state index in [4.69, 9.17) is 5.26 Å². The van der Waals surface area contributed by atoms with Crippen molar-refractivity contribution in [1.29, 1.82) is 5.26 Å². The first-order chi connectivity index (χ1) is 14.0. The van der Waals surface area contributed by atoms with Gasteiger partial charge < -0.3 is 20.9 Å². The Morgan fingerprint density at radius 1 is 1.33 bits per heavy atom. The number of rotatable bonds is 6. The zero-order valence-corrected chi connectivity index (χ0v) is 17.0. The van der Waals surface area contributed by atoms with Gasteiger partial charge in [0.1, 0.15) is 11.6 Å². The smallest absolute Gasteiger partial charge is 0.318 e. The van der Waals surface area contributed by atoms with Gasteiger partial charge in [0, 0.05) is 38.0 Å². The van der Waals surface area contributed by atoms with Crippen molar-refractivity contribution in [1.82, 2.24) is 20.9 Å². The number of carbonyl (C=O) groups excluding carboxylic acids is 3. The minimum atomic E-state index is -3.13. The van der Waals surface area contributed by atoms with Crippen LogP contribution in [-0.4, -0.2) is 53.3 Å². The van der Waals surface area contributed by atoms with Gasteiger partial charge in [-0.05, 0) is 25.7 Å². The third-order valence-corrected chi connectivity index (χ3v) is 6.29. The lowest BCUT2D eigenvalue weighted by atomic mass is 9.77. The third-order valence-electron chi connectivity index (χ3n) is 6.29. The summed E-state index contributed by atoms with van der Waals surface area (Å²) in [5, 5.41) is 16.8. The van der Waals surface area contributed by atoms with Crippen molar-refractivity contribution in [3.8, 4) is 6.07 Å². The highest BCUT2D eigenvalue weighted by Gasteiger charge is 2.48. The number of likely N-dealkylation sites (tertiary alicyclic amines) is 1. The van der Waals surface area contributed by atoms with Gasteiger partial charge in [0.05, 0.1) is 11.5 Å². The fourth-order valence-electron chi connectivity index (χ4n) is 3.97. The number of amides is 4. The summed E-state index contributed by atoms with van der Waals surface area (Å²) >= 11 is 0. The molecule has 2 aliphatic heterocycles. The number of hydrogen-bond donors (Lipinski definition) is 3. The predicted molar refractivity (Wildman–Crippen MR) is 103 cm³/mol. The molecule has 3 N–H and O–H groups in total. The standard InChI is InChI=1S/C20H27F2N5O3/c1-3-20(21,22)11-14(15(28)26-19(12-23)4-5-19)25-17(30)27-8-6-18(7-9-27)10-13(2)24-16(18)29/h14H,2-11H2,1H3,(H,24,29)(H,25,30)(H,26,28)/t14-/m0/s1. The van der Waals surface area contributed by atoms with Crippen molar-refractivity contribution < 1.29 is 23.2 Å². The molecule has 8 nitrogen and oxygen atoms in total.